The van der Waals surface area contributed by atoms with Crippen LogP contribution in [-0.4, -0.2) is 51.0 Å². The Morgan fingerprint density at radius 1 is 1.17 bits per heavy atom. The highest BCUT2D eigenvalue weighted by atomic mass is 19.1. The summed E-state index contributed by atoms with van der Waals surface area (Å²) in [6.07, 6.45) is 2.05. The van der Waals surface area contributed by atoms with E-state index in [0.29, 0.717) is 30.9 Å². The Kier molecular flexibility index (Phi) is 5.56. The lowest BCUT2D eigenvalue weighted by molar-refractivity contribution is -0.129. The monoisotopic (exact) mass is 407 g/mol. The maximum Gasteiger partial charge on any atom is 0.253 e. The van der Waals surface area contributed by atoms with E-state index in [4.69, 9.17) is 0 Å². The molecule has 1 saturated heterocycles. The van der Waals surface area contributed by atoms with Gasteiger partial charge in [-0.1, -0.05) is 24.3 Å². The summed E-state index contributed by atoms with van der Waals surface area (Å²) < 4.78 is 13.0. The second-order valence-electron chi connectivity index (χ2n) is 7.56. The van der Waals surface area contributed by atoms with Gasteiger partial charge in [0.25, 0.3) is 5.91 Å². The van der Waals surface area contributed by atoms with E-state index in [9.17, 15) is 14.0 Å². The van der Waals surface area contributed by atoms with E-state index < -0.39 is 0 Å². The van der Waals surface area contributed by atoms with Crippen LogP contribution in [0.15, 0.2) is 54.9 Å². The van der Waals surface area contributed by atoms with Crippen LogP contribution in [0.4, 0.5) is 4.39 Å². The summed E-state index contributed by atoms with van der Waals surface area (Å²) in [6.45, 7) is 2.72. The molecule has 1 aromatic heterocycles. The van der Waals surface area contributed by atoms with Gasteiger partial charge in [-0.2, -0.15) is 5.10 Å². The molecule has 1 aliphatic heterocycles. The summed E-state index contributed by atoms with van der Waals surface area (Å²) in [7, 11) is 0. The summed E-state index contributed by atoms with van der Waals surface area (Å²) in [5.74, 6) is 0.00154. The fraction of sp³-hybridized carbons (Fsp3) is 0.273. The molecule has 1 aliphatic rings. The number of halogens is 1. The zero-order valence-corrected chi connectivity index (χ0v) is 16.5. The Labute approximate surface area is 173 Å². The van der Waals surface area contributed by atoms with Crippen molar-refractivity contribution in [2.24, 2.45) is 5.92 Å². The molecule has 8 heteroatoms. The highest BCUT2D eigenvalue weighted by Gasteiger charge is 2.36. The van der Waals surface area contributed by atoms with Crippen molar-refractivity contribution in [2.45, 2.75) is 19.4 Å². The second kappa shape index (κ2) is 8.44. The number of carbonyl (C=O) groups excluding carboxylic acids is 2. The number of benzene rings is 2. The van der Waals surface area contributed by atoms with Crippen LogP contribution in [0.25, 0.3) is 11.4 Å². The minimum atomic E-state index is -0.276. The lowest BCUT2D eigenvalue weighted by Crippen LogP contribution is -2.56. The van der Waals surface area contributed by atoms with E-state index >= 15 is 0 Å². The van der Waals surface area contributed by atoms with Crippen LogP contribution in [0.1, 0.15) is 22.8 Å². The number of nitrogens with zero attached hydrogens (tertiary/aromatic N) is 3. The molecule has 0 aliphatic carbocycles. The van der Waals surface area contributed by atoms with Gasteiger partial charge >= 0.3 is 0 Å². The summed E-state index contributed by atoms with van der Waals surface area (Å²) in [5, 5.41) is 9.58. The molecule has 1 unspecified atom stereocenters. The van der Waals surface area contributed by atoms with Crippen molar-refractivity contribution in [3.8, 4) is 11.4 Å². The van der Waals surface area contributed by atoms with Gasteiger partial charge in [-0.05, 0) is 43.2 Å². The molecule has 2 aromatic carbocycles. The van der Waals surface area contributed by atoms with Crippen molar-refractivity contribution in [1.29, 1.82) is 0 Å². The average molecular weight is 407 g/mol. The Bertz CT molecular complexity index is 1010. The fourth-order valence-corrected chi connectivity index (χ4v) is 3.49. The molecule has 0 bridgehead atoms. The van der Waals surface area contributed by atoms with Gasteiger partial charge in [0, 0.05) is 30.3 Å². The standard InChI is InChI=1S/C22H22FN5O2/c1-14(10-15-2-8-19(23)9-3-15)26-21(29)18-11-28(12-18)22(30)17-6-4-16(5-7-17)20-24-13-25-27-20/h2-9,13-14,18H,10-12H2,1H3,(H,26,29)(H,24,25,27). The highest BCUT2D eigenvalue weighted by molar-refractivity contribution is 5.96. The molecular weight excluding hydrogens is 385 g/mol. The first-order valence-corrected chi connectivity index (χ1v) is 9.79. The van der Waals surface area contributed by atoms with E-state index in [2.05, 4.69) is 20.5 Å². The van der Waals surface area contributed by atoms with E-state index in [0.717, 1.165) is 11.1 Å². The van der Waals surface area contributed by atoms with E-state index in [-0.39, 0.29) is 29.6 Å². The molecule has 0 radical (unpaired) electrons. The number of carbonyl (C=O) groups is 2. The van der Waals surface area contributed by atoms with Crippen LogP contribution in [0.5, 0.6) is 0 Å². The number of hydrogen-bond acceptors (Lipinski definition) is 4. The first-order chi connectivity index (χ1) is 14.5. The van der Waals surface area contributed by atoms with Crippen LogP contribution in [0.3, 0.4) is 0 Å². The first-order valence-electron chi connectivity index (χ1n) is 9.79. The molecule has 1 atom stereocenters. The van der Waals surface area contributed by atoms with Crippen molar-refractivity contribution in [3.63, 3.8) is 0 Å². The average Bonchev–Trinajstić information content (AvgIpc) is 3.23. The molecule has 154 valence electrons. The molecule has 2 N–H and O–H groups in total. The van der Waals surface area contributed by atoms with E-state index in [1.54, 1.807) is 29.2 Å². The van der Waals surface area contributed by atoms with E-state index in [1.165, 1.54) is 18.5 Å². The highest BCUT2D eigenvalue weighted by Crippen LogP contribution is 2.21. The minimum absolute atomic E-state index is 0.0608. The summed E-state index contributed by atoms with van der Waals surface area (Å²) in [6, 6.07) is 13.3. The molecule has 0 spiro atoms. The van der Waals surface area contributed by atoms with Crippen molar-refractivity contribution in [1.82, 2.24) is 25.4 Å². The Morgan fingerprint density at radius 3 is 2.50 bits per heavy atom. The largest absolute Gasteiger partial charge is 0.353 e. The smallest absolute Gasteiger partial charge is 0.253 e. The van der Waals surface area contributed by atoms with Gasteiger partial charge < -0.3 is 10.2 Å². The van der Waals surface area contributed by atoms with Crippen LogP contribution in [0.2, 0.25) is 0 Å². The minimum Gasteiger partial charge on any atom is -0.353 e. The number of aromatic amines is 1. The van der Waals surface area contributed by atoms with Crippen LogP contribution >= 0.6 is 0 Å². The second-order valence-corrected chi connectivity index (χ2v) is 7.56. The number of likely N-dealkylation sites (tertiary alicyclic amines) is 1. The third-order valence-corrected chi connectivity index (χ3v) is 5.20. The molecule has 3 aromatic rings. The lowest BCUT2D eigenvalue weighted by Gasteiger charge is -2.38. The molecule has 4 rings (SSSR count). The van der Waals surface area contributed by atoms with Crippen molar-refractivity contribution >= 4 is 11.8 Å². The number of H-pyrrole nitrogens is 1. The molecular formula is C22H22FN5O2. The SMILES string of the molecule is CC(Cc1ccc(F)cc1)NC(=O)C1CN(C(=O)c2ccc(-c3ncn[nH]3)cc2)C1. The lowest BCUT2D eigenvalue weighted by atomic mass is 9.96. The third-order valence-electron chi connectivity index (χ3n) is 5.20. The Morgan fingerprint density at radius 2 is 1.87 bits per heavy atom. The van der Waals surface area contributed by atoms with Gasteiger partial charge in [-0.15, -0.1) is 0 Å². The number of rotatable bonds is 6. The number of nitrogens with one attached hydrogen (secondary N) is 2. The van der Waals surface area contributed by atoms with Crippen molar-refractivity contribution in [3.05, 3.63) is 71.8 Å². The molecule has 2 heterocycles. The number of aromatic nitrogens is 3. The van der Waals surface area contributed by atoms with Crippen LogP contribution < -0.4 is 5.32 Å². The number of hydrogen-bond donors (Lipinski definition) is 2. The summed E-state index contributed by atoms with van der Waals surface area (Å²) >= 11 is 0. The quantitative estimate of drug-likeness (QED) is 0.657. The third kappa shape index (κ3) is 4.37. The molecule has 30 heavy (non-hydrogen) atoms. The van der Waals surface area contributed by atoms with Crippen molar-refractivity contribution in [2.75, 3.05) is 13.1 Å². The van der Waals surface area contributed by atoms with Crippen LogP contribution in [-0.2, 0) is 11.2 Å². The fourth-order valence-electron chi connectivity index (χ4n) is 3.49. The summed E-state index contributed by atoms with van der Waals surface area (Å²) in [4.78, 5) is 30.8. The first kappa shape index (κ1) is 19.8. The molecule has 7 nitrogen and oxygen atoms in total. The molecule has 1 fully saturated rings. The van der Waals surface area contributed by atoms with Gasteiger partial charge in [0.1, 0.15) is 12.1 Å². The Hall–Kier alpha value is -3.55. The van der Waals surface area contributed by atoms with Gasteiger partial charge in [0.05, 0.1) is 5.92 Å². The molecule has 2 amide bonds. The van der Waals surface area contributed by atoms with Gasteiger partial charge in [0.15, 0.2) is 5.82 Å². The predicted octanol–water partition coefficient (Wildman–Crippen LogP) is 2.43. The predicted molar refractivity (Wildman–Crippen MR) is 109 cm³/mol. The summed E-state index contributed by atoms with van der Waals surface area (Å²) in [5.41, 5.74) is 2.38. The zero-order chi connectivity index (χ0) is 21.1. The molecule has 0 saturated carbocycles. The Balaban J connectivity index is 1.26. The van der Waals surface area contributed by atoms with Crippen LogP contribution in [0, 0.1) is 11.7 Å². The van der Waals surface area contributed by atoms with Gasteiger partial charge in [0.2, 0.25) is 5.91 Å². The van der Waals surface area contributed by atoms with Crippen molar-refractivity contribution < 1.29 is 14.0 Å². The maximum atomic E-state index is 13.0. The topological polar surface area (TPSA) is 91.0 Å². The number of amides is 2. The van der Waals surface area contributed by atoms with Gasteiger partial charge in [-0.25, -0.2) is 9.37 Å². The zero-order valence-electron chi connectivity index (χ0n) is 16.5. The maximum absolute atomic E-state index is 13.0. The normalized spacial score (nSPS) is 14.8. The van der Waals surface area contributed by atoms with E-state index in [1.807, 2.05) is 19.1 Å². The van der Waals surface area contributed by atoms with Gasteiger partial charge in [-0.3, -0.25) is 14.7 Å².